The van der Waals surface area contributed by atoms with E-state index >= 15 is 0 Å². The van der Waals surface area contributed by atoms with Crippen LogP contribution in [0.15, 0.2) is 24.5 Å². The molecule has 2 amide bonds. The molecular weight excluding hydrogens is 421 g/mol. The number of benzene rings is 1. The van der Waals surface area contributed by atoms with Gasteiger partial charge in [-0.05, 0) is 43.9 Å². The summed E-state index contributed by atoms with van der Waals surface area (Å²) >= 11 is 1.20. The van der Waals surface area contributed by atoms with Crippen LogP contribution in [0.25, 0.3) is 10.2 Å². The Morgan fingerprint density at radius 1 is 1.29 bits per heavy atom. The summed E-state index contributed by atoms with van der Waals surface area (Å²) in [5.74, 6) is -0.308. The van der Waals surface area contributed by atoms with Gasteiger partial charge in [-0.3, -0.25) is 9.59 Å². The van der Waals surface area contributed by atoms with Crippen molar-refractivity contribution in [3.05, 3.63) is 40.8 Å². The number of thiophene rings is 1. The Hall–Kier alpha value is -3.27. The maximum absolute atomic E-state index is 14.0. The van der Waals surface area contributed by atoms with Crippen LogP contribution in [0.2, 0.25) is 0 Å². The lowest BCUT2D eigenvalue weighted by Crippen LogP contribution is -2.41. The Balaban J connectivity index is 1.67. The first-order valence-electron chi connectivity index (χ1n) is 9.87. The standard InChI is InChI=1S/C21H22FN5O3S/c1-10-17-20(24-9-25-21(17)31-18(10)19(23)29)27-14-7-6-12(22)8-16(14)30-15-5-3-4-13(15)26-11(2)28/h6-9,13,15H,3-5H2,1-2H3,(H2,23,29)(H,26,28)(H,24,25,27)/t13-,15-/m0/s1. The minimum Gasteiger partial charge on any atom is -0.486 e. The van der Waals surface area contributed by atoms with Gasteiger partial charge >= 0.3 is 0 Å². The second kappa shape index (κ2) is 8.46. The predicted molar refractivity (Wildman–Crippen MR) is 116 cm³/mol. The molecule has 0 aliphatic heterocycles. The number of aryl methyl sites for hydroxylation is 1. The van der Waals surface area contributed by atoms with Crippen LogP contribution in [-0.4, -0.2) is 33.9 Å². The first-order chi connectivity index (χ1) is 14.8. The summed E-state index contributed by atoms with van der Waals surface area (Å²) in [6.45, 7) is 3.25. The molecule has 3 aromatic rings. The SMILES string of the molecule is CC(=O)N[C@H]1CCC[C@@H]1Oc1cc(F)ccc1Nc1ncnc2sc(C(N)=O)c(C)c12. The van der Waals surface area contributed by atoms with Gasteiger partial charge < -0.3 is 21.1 Å². The summed E-state index contributed by atoms with van der Waals surface area (Å²) in [5, 5.41) is 6.76. The van der Waals surface area contributed by atoms with E-state index in [-0.39, 0.29) is 18.1 Å². The highest BCUT2D eigenvalue weighted by molar-refractivity contribution is 7.20. The van der Waals surface area contributed by atoms with Crippen molar-refractivity contribution in [2.24, 2.45) is 5.73 Å². The van der Waals surface area contributed by atoms with Crippen LogP contribution in [0.3, 0.4) is 0 Å². The third-order valence-corrected chi connectivity index (χ3v) is 6.48. The highest BCUT2D eigenvalue weighted by Gasteiger charge is 2.30. The van der Waals surface area contributed by atoms with Gasteiger partial charge in [0.15, 0.2) is 0 Å². The second-order valence-electron chi connectivity index (χ2n) is 7.48. The van der Waals surface area contributed by atoms with Gasteiger partial charge in [0.05, 0.1) is 22.0 Å². The summed E-state index contributed by atoms with van der Waals surface area (Å²) in [6.07, 6.45) is 3.59. The van der Waals surface area contributed by atoms with Crippen molar-refractivity contribution in [3.63, 3.8) is 0 Å². The van der Waals surface area contributed by atoms with E-state index in [2.05, 4.69) is 20.6 Å². The number of carbonyl (C=O) groups is 2. The Bertz CT molecular complexity index is 1170. The fourth-order valence-corrected chi connectivity index (χ4v) is 4.88. The fourth-order valence-electron chi connectivity index (χ4n) is 3.88. The van der Waals surface area contributed by atoms with Crippen LogP contribution in [0, 0.1) is 12.7 Å². The van der Waals surface area contributed by atoms with Crippen LogP contribution in [0.5, 0.6) is 5.75 Å². The molecule has 162 valence electrons. The first-order valence-corrected chi connectivity index (χ1v) is 10.7. The monoisotopic (exact) mass is 443 g/mol. The molecule has 0 saturated heterocycles. The van der Waals surface area contributed by atoms with E-state index in [1.165, 1.54) is 36.7 Å². The minimum absolute atomic E-state index is 0.125. The number of rotatable bonds is 6. The fraction of sp³-hybridized carbons (Fsp3) is 0.333. The van der Waals surface area contributed by atoms with Gasteiger partial charge in [0.2, 0.25) is 5.91 Å². The molecule has 1 fully saturated rings. The molecule has 0 unspecified atom stereocenters. The third kappa shape index (κ3) is 4.29. The van der Waals surface area contributed by atoms with Gasteiger partial charge in [0, 0.05) is 13.0 Å². The number of nitrogens with zero attached hydrogens (tertiary/aromatic N) is 2. The number of halogens is 1. The van der Waals surface area contributed by atoms with Crippen LogP contribution >= 0.6 is 11.3 Å². The average Bonchev–Trinajstić information content (AvgIpc) is 3.28. The van der Waals surface area contributed by atoms with Crippen LogP contribution in [0.1, 0.15) is 41.4 Å². The zero-order valence-corrected chi connectivity index (χ0v) is 17.9. The van der Waals surface area contributed by atoms with Crippen LogP contribution in [-0.2, 0) is 4.79 Å². The molecule has 2 heterocycles. The number of nitrogens with one attached hydrogen (secondary N) is 2. The summed E-state index contributed by atoms with van der Waals surface area (Å²) in [6, 6.07) is 4.07. The van der Waals surface area contributed by atoms with E-state index in [1.807, 2.05) is 0 Å². The molecule has 8 nitrogen and oxygen atoms in total. The van der Waals surface area contributed by atoms with Gasteiger partial charge in [0.25, 0.3) is 5.91 Å². The van der Waals surface area contributed by atoms with Crippen molar-refractivity contribution in [3.8, 4) is 5.75 Å². The molecule has 1 aliphatic carbocycles. The van der Waals surface area contributed by atoms with Gasteiger partial charge in [0.1, 0.15) is 34.6 Å². The van der Waals surface area contributed by atoms with E-state index in [0.29, 0.717) is 37.9 Å². The molecule has 1 saturated carbocycles. The number of anilines is 2. The van der Waals surface area contributed by atoms with E-state index in [1.54, 1.807) is 13.0 Å². The van der Waals surface area contributed by atoms with Crippen molar-refractivity contribution >= 4 is 44.9 Å². The molecule has 0 bridgehead atoms. The number of amides is 2. The zero-order valence-electron chi connectivity index (χ0n) is 17.1. The van der Waals surface area contributed by atoms with Crippen LogP contribution in [0.4, 0.5) is 15.9 Å². The Morgan fingerprint density at radius 2 is 2.10 bits per heavy atom. The van der Waals surface area contributed by atoms with Gasteiger partial charge in [-0.15, -0.1) is 11.3 Å². The maximum Gasteiger partial charge on any atom is 0.259 e. The smallest absolute Gasteiger partial charge is 0.259 e. The van der Waals surface area contributed by atoms with Crippen molar-refractivity contribution in [2.75, 3.05) is 5.32 Å². The Morgan fingerprint density at radius 3 is 2.84 bits per heavy atom. The highest BCUT2D eigenvalue weighted by Crippen LogP contribution is 2.37. The lowest BCUT2D eigenvalue weighted by Gasteiger charge is -2.23. The molecule has 4 N–H and O–H groups in total. The molecule has 0 spiro atoms. The lowest BCUT2D eigenvalue weighted by molar-refractivity contribution is -0.120. The molecule has 1 aliphatic rings. The molecule has 2 aromatic heterocycles. The normalized spacial score (nSPS) is 18.2. The average molecular weight is 444 g/mol. The molecule has 10 heteroatoms. The maximum atomic E-state index is 14.0. The van der Waals surface area contributed by atoms with Gasteiger partial charge in [-0.1, -0.05) is 0 Å². The topological polar surface area (TPSA) is 119 Å². The summed E-state index contributed by atoms with van der Waals surface area (Å²) in [5.41, 5.74) is 6.67. The molecule has 2 atom stereocenters. The van der Waals surface area contributed by atoms with E-state index in [4.69, 9.17) is 10.5 Å². The zero-order chi connectivity index (χ0) is 22.1. The van der Waals surface area contributed by atoms with Crippen molar-refractivity contribution in [1.82, 2.24) is 15.3 Å². The van der Waals surface area contributed by atoms with E-state index in [9.17, 15) is 14.0 Å². The number of primary amides is 1. The quantitative estimate of drug-likeness (QED) is 0.537. The third-order valence-electron chi connectivity index (χ3n) is 5.27. The van der Waals surface area contributed by atoms with E-state index in [0.717, 1.165) is 19.3 Å². The largest absolute Gasteiger partial charge is 0.486 e. The molecular formula is C21H22FN5O3S. The minimum atomic E-state index is -0.525. The number of hydrogen-bond acceptors (Lipinski definition) is 7. The Kier molecular flexibility index (Phi) is 5.73. The van der Waals surface area contributed by atoms with Crippen molar-refractivity contribution in [1.29, 1.82) is 0 Å². The number of hydrogen-bond donors (Lipinski definition) is 3. The molecule has 1 aromatic carbocycles. The van der Waals surface area contributed by atoms with Crippen molar-refractivity contribution < 1.29 is 18.7 Å². The lowest BCUT2D eigenvalue weighted by atomic mass is 10.2. The Labute approximate surface area is 182 Å². The second-order valence-corrected chi connectivity index (χ2v) is 8.48. The van der Waals surface area contributed by atoms with Crippen molar-refractivity contribution in [2.45, 2.75) is 45.3 Å². The van der Waals surface area contributed by atoms with Crippen LogP contribution < -0.4 is 21.1 Å². The summed E-state index contributed by atoms with van der Waals surface area (Å²) in [7, 11) is 0. The number of nitrogens with two attached hydrogens (primary N) is 1. The summed E-state index contributed by atoms with van der Waals surface area (Å²) < 4.78 is 20.2. The highest BCUT2D eigenvalue weighted by atomic mass is 32.1. The summed E-state index contributed by atoms with van der Waals surface area (Å²) in [4.78, 5) is 32.8. The molecule has 31 heavy (non-hydrogen) atoms. The number of ether oxygens (including phenoxy) is 1. The number of carbonyl (C=O) groups excluding carboxylic acids is 2. The predicted octanol–water partition coefficient (Wildman–Crippen LogP) is 3.42. The molecule has 4 rings (SSSR count). The molecule has 0 radical (unpaired) electrons. The van der Waals surface area contributed by atoms with E-state index < -0.39 is 11.7 Å². The number of fused-ring (bicyclic) bond motifs is 1. The van der Waals surface area contributed by atoms with Gasteiger partial charge in [-0.2, -0.15) is 0 Å². The number of aromatic nitrogens is 2. The van der Waals surface area contributed by atoms with Gasteiger partial charge in [-0.25, -0.2) is 14.4 Å². The first kappa shape index (κ1) is 21.0.